The van der Waals surface area contributed by atoms with Crippen molar-refractivity contribution in [1.82, 2.24) is 9.88 Å². The van der Waals surface area contributed by atoms with Crippen LogP contribution in [0.1, 0.15) is 23.6 Å². The van der Waals surface area contributed by atoms with Crippen molar-refractivity contribution in [3.8, 4) is 0 Å². The topological polar surface area (TPSA) is 57.9 Å². The number of amides is 1. The third-order valence-electron chi connectivity index (χ3n) is 3.73. The number of aromatic nitrogens is 1. The molecule has 130 valence electrons. The van der Waals surface area contributed by atoms with Crippen LogP contribution in [0.3, 0.4) is 0 Å². The third-order valence-corrected chi connectivity index (χ3v) is 4.68. The molecule has 1 aromatic carbocycles. The van der Waals surface area contributed by atoms with Gasteiger partial charge in [0.2, 0.25) is 0 Å². The zero-order valence-corrected chi connectivity index (χ0v) is 12.5. The average molecular weight is 369 g/mol. The third kappa shape index (κ3) is 2.76. The molecule has 1 aliphatic heterocycles. The Kier molecular flexibility index (Phi) is 3.66. The number of hydrogen-bond donors (Lipinski definition) is 2. The zero-order valence-electron chi connectivity index (χ0n) is 11.7. The zero-order chi connectivity index (χ0) is 17.9. The van der Waals surface area contributed by atoms with E-state index < -0.39 is 29.9 Å². The molecule has 0 saturated heterocycles. The maximum absolute atomic E-state index is 13.0. The van der Waals surface area contributed by atoms with Gasteiger partial charge in [-0.25, -0.2) is 0 Å². The lowest BCUT2D eigenvalue weighted by molar-refractivity contribution is -0.174. The van der Waals surface area contributed by atoms with Crippen LogP contribution in [0, 0.1) is 5.41 Å². The molecule has 1 aliphatic rings. The predicted octanol–water partition coefficient (Wildman–Crippen LogP) is 3.32. The van der Waals surface area contributed by atoms with Crippen LogP contribution in [0.5, 0.6) is 0 Å². The molecule has 1 amide bonds. The summed E-state index contributed by atoms with van der Waals surface area (Å²) in [5.74, 6) is -2.20. The normalized spacial score (nSPS) is 18.0. The van der Waals surface area contributed by atoms with Gasteiger partial charge >= 0.3 is 18.3 Å². The standard InChI is InChI=1S/C13H9F6N3OS/c14-12(15,16)5-3-6-7(21-10(23)13(17,18)19)1-2-22-9(6)8(4-5)24-11(22)20/h3-4,7,20H,1-2H2,(H,21,23)/t7-/m1/s1. The van der Waals surface area contributed by atoms with Gasteiger partial charge in [0, 0.05) is 12.1 Å². The minimum absolute atomic E-state index is 0.00572. The first-order valence-corrected chi connectivity index (χ1v) is 7.47. The quantitative estimate of drug-likeness (QED) is 0.745. The summed E-state index contributed by atoms with van der Waals surface area (Å²) in [4.78, 5) is 11.2. The molecule has 2 aromatic rings. The Balaban J connectivity index is 2.15. The summed E-state index contributed by atoms with van der Waals surface area (Å²) >= 11 is 0.809. The van der Waals surface area contributed by atoms with Crippen LogP contribution in [-0.2, 0) is 17.5 Å². The van der Waals surface area contributed by atoms with E-state index in [-0.39, 0.29) is 33.5 Å². The molecule has 0 unspecified atom stereocenters. The van der Waals surface area contributed by atoms with Crippen molar-refractivity contribution in [2.45, 2.75) is 31.4 Å². The van der Waals surface area contributed by atoms with Gasteiger partial charge in [-0.3, -0.25) is 10.2 Å². The average Bonchev–Trinajstić information content (AvgIpc) is 2.76. The van der Waals surface area contributed by atoms with Gasteiger partial charge in [0.05, 0.1) is 21.8 Å². The number of halogens is 6. The van der Waals surface area contributed by atoms with Gasteiger partial charge in [0.1, 0.15) is 0 Å². The van der Waals surface area contributed by atoms with Crippen LogP contribution in [0.25, 0.3) is 10.2 Å². The molecule has 0 spiro atoms. The summed E-state index contributed by atoms with van der Waals surface area (Å²) in [6, 6.07) is 0.412. The number of thiazole rings is 1. The smallest absolute Gasteiger partial charge is 0.341 e. The van der Waals surface area contributed by atoms with Gasteiger partial charge in [-0.15, -0.1) is 0 Å². The van der Waals surface area contributed by atoms with Gasteiger partial charge < -0.3 is 9.88 Å². The van der Waals surface area contributed by atoms with Crippen LogP contribution < -0.4 is 10.1 Å². The maximum Gasteiger partial charge on any atom is 0.471 e. The molecule has 0 radical (unpaired) electrons. The van der Waals surface area contributed by atoms with E-state index >= 15 is 0 Å². The lowest BCUT2D eigenvalue weighted by atomic mass is 9.96. The second-order valence-electron chi connectivity index (χ2n) is 5.28. The Labute approximate surface area is 134 Å². The van der Waals surface area contributed by atoms with Crippen molar-refractivity contribution in [1.29, 1.82) is 5.41 Å². The fraction of sp³-hybridized carbons (Fsp3) is 0.385. The van der Waals surface area contributed by atoms with Gasteiger partial charge in [-0.2, -0.15) is 26.3 Å². The van der Waals surface area contributed by atoms with E-state index in [0.29, 0.717) is 0 Å². The van der Waals surface area contributed by atoms with E-state index in [1.54, 1.807) is 5.32 Å². The minimum Gasteiger partial charge on any atom is -0.341 e. The molecule has 3 rings (SSSR count). The Hall–Kier alpha value is -2.04. The first kappa shape index (κ1) is 16.8. The number of rotatable bonds is 1. The minimum atomic E-state index is -5.12. The molecule has 0 bridgehead atoms. The first-order valence-electron chi connectivity index (χ1n) is 6.65. The number of aryl methyl sites for hydroxylation is 1. The SMILES string of the molecule is N=c1sc2cc(C(F)(F)F)cc3c2n1CC[C@H]3NC(=O)C(F)(F)F. The van der Waals surface area contributed by atoms with Crippen molar-refractivity contribution >= 4 is 27.5 Å². The number of nitrogens with one attached hydrogen (secondary N) is 2. The van der Waals surface area contributed by atoms with E-state index in [1.807, 2.05) is 0 Å². The summed E-state index contributed by atoms with van der Waals surface area (Å²) in [6.45, 7) is 0.139. The molecule has 2 N–H and O–H groups in total. The fourth-order valence-corrected chi connectivity index (χ4v) is 3.71. The highest BCUT2D eigenvalue weighted by atomic mass is 32.1. The van der Waals surface area contributed by atoms with E-state index in [4.69, 9.17) is 5.41 Å². The Morgan fingerprint density at radius 3 is 2.50 bits per heavy atom. The number of carbonyl (C=O) groups is 1. The molecular formula is C13H9F6N3OS. The predicted molar refractivity (Wildman–Crippen MR) is 72.2 cm³/mol. The van der Waals surface area contributed by atoms with Crippen LogP contribution in [0.15, 0.2) is 12.1 Å². The highest BCUT2D eigenvalue weighted by Gasteiger charge is 2.41. The van der Waals surface area contributed by atoms with Crippen molar-refractivity contribution in [3.05, 3.63) is 28.1 Å². The Morgan fingerprint density at radius 1 is 1.25 bits per heavy atom. The van der Waals surface area contributed by atoms with Crippen molar-refractivity contribution in [2.75, 3.05) is 0 Å². The molecule has 4 nitrogen and oxygen atoms in total. The Bertz CT molecular complexity index is 879. The molecule has 2 heterocycles. The maximum atomic E-state index is 13.0. The highest BCUT2D eigenvalue weighted by molar-refractivity contribution is 7.16. The lowest BCUT2D eigenvalue weighted by Crippen LogP contribution is -2.40. The molecular weight excluding hydrogens is 360 g/mol. The van der Waals surface area contributed by atoms with Crippen molar-refractivity contribution in [2.24, 2.45) is 0 Å². The van der Waals surface area contributed by atoms with E-state index in [9.17, 15) is 31.1 Å². The summed E-state index contributed by atoms with van der Waals surface area (Å²) in [7, 11) is 0. The van der Waals surface area contributed by atoms with Crippen LogP contribution in [0.4, 0.5) is 26.3 Å². The van der Waals surface area contributed by atoms with Crippen molar-refractivity contribution in [3.63, 3.8) is 0 Å². The van der Waals surface area contributed by atoms with E-state index in [2.05, 4.69) is 0 Å². The van der Waals surface area contributed by atoms with E-state index in [0.717, 1.165) is 23.5 Å². The second-order valence-corrected chi connectivity index (χ2v) is 6.31. The molecule has 0 aliphatic carbocycles. The van der Waals surface area contributed by atoms with E-state index in [1.165, 1.54) is 4.57 Å². The molecule has 1 atom stereocenters. The van der Waals surface area contributed by atoms with Crippen LogP contribution >= 0.6 is 11.3 Å². The van der Waals surface area contributed by atoms with Crippen LogP contribution in [-0.4, -0.2) is 16.7 Å². The highest BCUT2D eigenvalue weighted by Crippen LogP contribution is 2.39. The molecule has 0 saturated carbocycles. The summed E-state index contributed by atoms with van der Waals surface area (Å²) in [5.41, 5.74) is -0.818. The summed E-state index contributed by atoms with van der Waals surface area (Å²) < 4.78 is 78.0. The molecule has 24 heavy (non-hydrogen) atoms. The number of hydrogen-bond acceptors (Lipinski definition) is 3. The molecule has 0 fully saturated rings. The number of benzene rings is 1. The van der Waals surface area contributed by atoms with Gasteiger partial charge in [0.25, 0.3) is 0 Å². The van der Waals surface area contributed by atoms with Gasteiger partial charge in [-0.05, 0) is 18.6 Å². The summed E-state index contributed by atoms with van der Waals surface area (Å²) in [6.07, 6.45) is -9.83. The number of carbonyl (C=O) groups excluding carboxylic acids is 1. The molecule has 11 heteroatoms. The fourth-order valence-electron chi connectivity index (χ4n) is 2.70. The van der Waals surface area contributed by atoms with Gasteiger partial charge in [0.15, 0.2) is 4.80 Å². The Morgan fingerprint density at radius 2 is 1.92 bits per heavy atom. The van der Waals surface area contributed by atoms with Gasteiger partial charge in [-0.1, -0.05) is 11.3 Å². The monoisotopic (exact) mass is 369 g/mol. The number of alkyl halides is 6. The number of nitrogens with zero attached hydrogens (tertiary/aromatic N) is 1. The summed E-state index contributed by atoms with van der Waals surface area (Å²) in [5, 5.41) is 9.54. The first-order chi connectivity index (χ1) is 11.0. The second kappa shape index (κ2) is 5.23. The largest absolute Gasteiger partial charge is 0.471 e. The lowest BCUT2D eigenvalue weighted by Gasteiger charge is -2.26. The molecule has 1 aromatic heterocycles. The van der Waals surface area contributed by atoms with Crippen LogP contribution in [0.2, 0.25) is 0 Å². The van der Waals surface area contributed by atoms with Crippen molar-refractivity contribution < 1.29 is 31.1 Å².